The van der Waals surface area contributed by atoms with E-state index in [1.807, 2.05) is 26.4 Å². The normalized spacial score (nSPS) is 15.0. The molecule has 0 bridgehead atoms. The van der Waals surface area contributed by atoms with Gasteiger partial charge in [0.25, 0.3) is 0 Å². The van der Waals surface area contributed by atoms with Gasteiger partial charge >= 0.3 is 0 Å². The Labute approximate surface area is 101 Å². The molecular formula is C11H21N3OS. The number of nitrogens with zero attached hydrogens (tertiary/aromatic N) is 2. The van der Waals surface area contributed by atoms with Crippen LogP contribution in [0.25, 0.3) is 0 Å². The highest BCUT2D eigenvalue weighted by Crippen LogP contribution is 2.21. The summed E-state index contributed by atoms with van der Waals surface area (Å²) < 4.78 is 1.80. The van der Waals surface area contributed by atoms with E-state index in [9.17, 15) is 5.11 Å². The Morgan fingerprint density at radius 3 is 2.88 bits per heavy atom. The second-order valence-corrected chi connectivity index (χ2v) is 5.25. The summed E-state index contributed by atoms with van der Waals surface area (Å²) >= 11 is 1.77. The smallest absolute Gasteiger partial charge is 0.0767 e. The second-order valence-electron chi connectivity index (χ2n) is 4.08. The van der Waals surface area contributed by atoms with Crippen LogP contribution in [0.5, 0.6) is 0 Å². The lowest BCUT2D eigenvalue weighted by Gasteiger charge is -2.24. The maximum atomic E-state index is 9.98. The van der Waals surface area contributed by atoms with E-state index in [0.29, 0.717) is 6.54 Å². The summed E-state index contributed by atoms with van der Waals surface area (Å²) in [6.45, 7) is 2.32. The zero-order chi connectivity index (χ0) is 12.0. The monoisotopic (exact) mass is 243 g/mol. The molecule has 0 aliphatic carbocycles. The molecule has 0 spiro atoms. The van der Waals surface area contributed by atoms with Crippen molar-refractivity contribution in [2.24, 2.45) is 12.8 Å². The van der Waals surface area contributed by atoms with Crippen molar-refractivity contribution in [3.05, 3.63) is 12.4 Å². The Morgan fingerprint density at radius 1 is 1.62 bits per heavy atom. The minimum atomic E-state index is -0.671. The van der Waals surface area contributed by atoms with E-state index in [4.69, 9.17) is 5.73 Å². The predicted octanol–water partition coefficient (Wildman–Crippen LogP) is 1.39. The van der Waals surface area contributed by atoms with Gasteiger partial charge in [-0.05, 0) is 25.0 Å². The van der Waals surface area contributed by atoms with Crippen LogP contribution < -0.4 is 5.73 Å². The summed E-state index contributed by atoms with van der Waals surface area (Å²) in [6.07, 6.45) is 6.33. The van der Waals surface area contributed by atoms with Gasteiger partial charge in [0, 0.05) is 24.7 Å². The fourth-order valence-electron chi connectivity index (χ4n) is 1.49. The number of hydrogen-bond donors (Lipinski definition) is 2. The minimum absolute atomic E-state index is 0.348. The fraction of sp³-hybridized carbons (Fsp3) is 0.727. The first-order valence-corrected chi connectivity index (χ1v) is 6.62. The molecular weight excluding hydrogens is 222 g/mol. The van der Waals surface area contributed by atoms with Crippen molar-refractivity contribution in [1.82, 2.24) is 9.78 Å². The summed E-state index contributed by atoms with van der Waals surface area (Å²) in [5.74, 6) is 0.994. The number of hydrogen-bond acceptors (Lipinski definition) is 4. The number of aryl methyl sites for hydroxylation is 1. The topological polar surface area (TPSA) is 64.1 Å². The number of rotatable bonds is 7. The van der Waals surface area contributed by atoms with Gasteiger partial charge in [-0.1, -0.05) is 6.92 Å². The molecule has 4 nitrogen and oxygen atoms in total. The van der Waals surface area contributed by atoms with Gasteiger partial charge in [0.1, 0.15) is 0 Å². The molecule has 3 N–H and O–H groups in total. The van der Waals surface area contributed by atoms with Crippen molar-refractivity contribution in [2.75, 3.05) is 12.3 Å². The van der Waals surface area contributed by atoms with E-state index in [1.54, 1.807) is 16.4 Å². The number of aliphatic hydroxyl groups is 1. The van der Waals surface area contributed by atoms with Gasteiger partial charge in [-0.2, -0.15) is 5.10 Å². The standard InChI is InChI=1S/C11H21N3OS/c1-3-11(15,9-12)5-4-6-16-10-7-13-14(2)8-10/h7-8,15H,3-6,9,12H2,1-2H3. The van der Waals surface area contributed by atoms with E-state index in [0.717, 1.165) is 25.0 Å². The SMILES string of the molecule is CCC(O)(CN)CCCSc1cnn(C)c1. The lowest BCUT2D eigenvalue weighted by Crippen LogP contribution is -2.36. The maximum absolute atomic E-state index is 9.98. The number of aromatic nitrogens is 2. The molecule has 1 heterocycles. The Morgan fingerprint density at radius 2 is 2.38 bits per heavy atom. The van der Waals surface area contributed by atoms with Crippen LogP contribution in [0.15, 0.2) is 17.3 Å². The lowest BCUT2D eigenvalue weighted by atomic mass is 9.95. The number of nitrogens with two attached hydrogens (primary N) is 1. The van der Waals surface area contributed by atoms with Crippen molar-refractivity contribution in [3.63, 3.8) is 0 Å². The third kappa shape index (κ3) is 4.15. The van der Waals surface area contributed by atoms with Crippen LogP contribution in [0.2, 0.25) is 0 Å². The highest BCUT2D eigenvalue weighted by atomic mass is 32.2. The molecule has 0 fully saturated rings. The number of thioether (sulfide) groups is 1. The summed E-state index contributed by atoms with van der Waals surface area (Å²) in [6, 6.07) is 0. The molecule has 1 aromatic rings. The molecule has 5 heteroatoms. The molecule has 1 rings (SSSR count). The zero-order valence-corrected chi connectivity index (χ0v) is 10.8. The average Bonchev–Trinajstić information content (AvgIpc) is 2.70. The lowest BCUT2D eigenvalue weighted by molar-refractivity contribution is 0.0360. The Balaban J connectivity index is 2.21. The maximum Gasteiger partial charge on any atom is 0.0767 e. The third-order valence-corrected chi connectivity index (χ3v) is 3.81. The van der Waals surface area contributed by atoms with Crippen LogP contribution in [-0.4, -0.2) is 32.8 Å². The zero-order valence-electron chi connectivity index (χ0n) is 10.0. The molecule has 1 aromatic heterocycles. The minimum Gasteiger partial charge on any atom is -0.389 e. The molecule has 0 saturated heterocycles. The van der Waals surface area contributed by atoms with Crippen LogP contribution in [-0.2, 0) is 7.05 Å². The molecule has 0 amide bonds. The average molecular weight is 243 g/mol. The Hall–Kier alpha value is -0.520. The van der Waals surface area contributed by atoms with Crippen LogP contribution in [0.1, 0.15) is 26.2 Å². The molecule has 1 atom stereocenters. The first kappa shape index (κ1) is 13.5. The molecule has 0 aliphatic heterocycles. The first-order valence-electron chi connectivity index (χ1n) is 5.63. The van der Waals surface area contributed by atoms with Gasteiger partial charge in [-0.15, -0.1) is 11.8 Å². The summed E-state index contributed by atoms with van der Waals surface area (Å²) in [5, 5.41) is 14.1. The van der Waals surface area contributed by atoms with E-state index in [1.165, 1.54) is 4.90 Å². The quantitative estimate of drug-likeness (QED) is 0.561. The van der Waals surface area contributed by atoms with Gasteiger partial charge in [0.2, 0.25) is 0 Å². The van der Waals surface area contributed by atoms with Crippen LogP contribution >= 0.6 is 11.8 Å². The molecule has 0 aliphatic rings. The van der Waals surface area contributed by atoms with E-state index in [-0.39, 0.29) is 0 Å². The second kappa shape index (κ2) is 6.27. The highest BCUT2D eigenvalue weighted by molar-refractivity contribution is 7.99. The highest BCUT2D eigenvalue weighted by Gasteiger charge is 2.21. The van der Waals surface area contributed by atoms with Crippen LogP contribution in [0, 0.1) is 0 Å². The molecule has 0 aromatic carbocycles. The molecule has 1 unspecified atom stereocenters. The van der Waals surface area contributed by atoms with Crippen molar-refractivity contribution in [3.8, 4) is 0 Å². The molecule has 92 valence electrons. The van der Waals surface area contributed by atoms with Gasteiger partial charge in [0.05, 0.1) is 11.8 Å². The van der Waals surface area contributed by atoms with E-state index < -0.39 is 5.60 Å². The fourth-order valence-corrected chi connectivity index (χ4v) is 2.36. The van der Waals surface area contributed by atoms with Gasteiger partial charge in [0.15, 0.2) is 0 Å². The Bertz CT molecular complexity index is 310. The van der Waals surface area contributed by atoms with Crippen molar-refractivity contribution in [2.45, 2.75) is 36.7 Å². The predicted molar refractivity (Wildman–Crippen MR) is 67.5 cm³/mol. The molecule has 16 heavy (non-hydrogen) atoms. The summed E-state index contributed by atoms with van der Waals surface area (Å²) in [4.78, 5) is 1.18. The summed E-state index contributed by atoms with van der Waals surface area (Å²) in [7, 11) is 1.91. The van der Waals surface area contributed by atoms with Crippen molar-refractivity contribution >= 4 is 11.8 Å². The van der Waals surface area contributed by atoms with Crippen molar-refractivity contribution < 1.29 is 5.11 Å². The van der Waals surface area contributed by atoms with E-state index >= 15 is 0 Å². The Kier molecular flexibility index (Phi) is 5.31. The molecule has 0 radical (unpaired) electrons. The van der Waals surface area contributed by atoms with Crippen LogP contribution in [0.3, 0.4) is 0 Å². The van der Waals surface area contributed by atoms with E-state index in [2.05, 4.69) is 5.10 Å². The van der Waals surface area contributed by atoms with Crippen LogP contribution in [0.4, 0.5) is 0 Å². The van der Waals surface area contributed by atoms with Gasteiger partial charge < -0.3 is 10.8 Å². The largest absolute Gasteiger partial charge is 0.389 e. The molecule has 0 saturated carbocycles. The van der Waals surface area contributed by atoms with Gasteiger partial charge in [-0.25, -0.2) is 0 Å². The summed E-state index contributed by atoms with van der Waals surface area (Å²) in [5.41, 5.74) is 4.87. The van der Waals surface area contributed by atoms with Crippen molar-refractivity contribution in [1.29, 1.82) is 0 Å². The first-order chi connectivity index (χ1) is 7.59. The van der Waals surface area contributed by atoms with Gasteiger partial charge in [-0.3, -0.25) is 4.68 Å². The third-order valence-electron chi connectivity index (χ3n) is 2.77.